The number of hydrogen-bond acceptors (Lipinski definition) is 4. The van der Waals surface area contributed by atoms with E-state index in [4.69, 9.17) is 0 Å². The molecule has 1 aromatic rings. The summed E-state index contributed by atoms with van der Waals surface area (Å²) in [4.78, 5) is 17.4. The molecule has 2 heterocycles. The van der Waals surface area contributed by atoms with Gasteiger partial charge in [0, 0.05) is 30.7 Å². The number of fused-ring (bicyclic) bond motifs is 1. The minimum absolute atomic E-state index is 0.0888. The van der Waals surface area contributed by atoms with Gasteiger partial charge in [-0.3, -0.25) is 4.79 Å². The third-order valence-corrected chi connectivity index (χ3v) is 8.41. The fourth-order valence-electron chi connectivity index (χ4n) is 5.04. The van der Waals surface area contributed by atoms with Gasteiger partial charge < -0.3 is 9.80 Å². The van der Waals surface area contributed by atoms with Crippen molar-refractivity contribution in [2.24, 2.45) is 11.8 Å². The number of hydrogen-bond donors (Lipinski definition) is 1. The number of carbonyl (C=O) groups is 1. The molecule has 2 fully saturated rings. The van der Waals surface area contributed by atoms with E-state index in [0.717, 1.165) is 62.5 Å². The summed E-state index contributed by atoms with van der Waals surface area (Å²) in [6, 6.07) is 5.31. The molecular formula is C23H35N3O3S. The van der Waals surface area contributed by atoms with E-state index in [-0.39, 0.29) is 17.9 Å². The molecule has 0 aromatic heterocycles. The molecular weight excluding hydrogens is 398 g/mol. The van der Waals surface area contributed by atoms with Crippen LogP contribution in [0.5, 0.6) is 0 Å². The topological polar surface area (TPSA) is 69.7 Å². The number of benzene rings is 1. The molecule has 4 rings (SSSR count). The highest BCUT2D eigenvalue weighted by Crippen LogP contribution is 2.38. The van der Waals surface area contributed by atoms with Crippen molar-refractivity contribution in [3.63, 3.8) is 0 Å². The highest BCUT2D eigenvalue weighted by molar-refractivity contribution is 7.89. The summed E-state index contributed by atoms with van der Waals surface area (Å²) < 4.78 is 28.3. The van der Waals surface area contributed by atoms with Gasteiger partial charge in [0.2, 0.25) is 15.9 Å². The van der Waals surface area contributed by atoms with Gasteiger partial charge in [-0.25, -0.2) is 13.1 Å². The van der Waals surface area contributed by atoms with Crippen molar-refractivity contribution in [1.29, 1.82) is 0 Å². The van der Waals surface area contributed by atoms with Gasteiger partial charge in [-0.1, -0.05) is 13.3 Å². The number of likely N-dealkylation sites (tertiary alicyclic amines) is 1. The molecule has 1 aromatic carbocycles. The molecule has 2 atom stereocenters. The van der Waals surface area contributed by atoms with Gasteiger partial charge in [-0.15, -0.1) is 0 Å². The first-order valence-electron chi connectivity index (χ1n) is 11.5. The molecule has 1 amide bonds. The molecule has 166 valence electrons. The lowest BCUT2D eigenvalue weighted by molar-refractivity contribution is -0.125. The first-order valence-corrected chi connectivity index (χ1v) is 13.0. The predicted octanol–water partition coefficient (Wildman–Crippen LogP) is 3.16. The number of piperidine rings is 1. The molecule has 3 aliphatic rings. The molecule has 2 aliphatic heterocycles. The Morgan fingerprint density at radius 1 is 1.17 bits per heavy atom. The van der Waals surface area contributed by atoms with Gasteiger partial charge in [0.05, 0.1) is 4.90 Å². The monoisotopic (exact) mass is 433 g/mol. The van der Waals surface area contributed by atoms with Crippen molar-refractivity contribution in [3.05, 3.63) is 23.8 Å². The van der Waals surface area contributed by atoms with Crippen LogP contribution in [0.2, 0.25) is 0 Å². The minimum atomic E-state index is -3.53. The van der Waals surface area contributed by atoms with Crippen LogP contribution in [0.3, 0.4) is 0 Å². The number of rotatable bonds is 7. The van der Waals surface area contributed by atoms with E-state index < -0.39 is 10.0 Å². The number of nitrogens with one attached hydrogen (secondary N) is 1. The van der Waals surface area contributed by atoms with Gasteiger partial charge in [0.1, 0.15) is 0 Å². The van der Waals surface area contributed by atoms with Crippen molar-refractivity contribution in [3.8, 4) is 0 Å². The minimum Gasteiger partial charge on any atom is -0.309 e. The molecule has 1 aliphatic carbocycles. The second kappa shape index (κ2) is 8.97. The van der Waals surface area contributed by atoms with E-state index in [9.17, 15) is 13.2 Å². The molecule has 0 bridgehead atoms. The normalized spacial score (nSPS) is 25.2. The lowest BCUT2D eigenvalue weighted by Crippen LogP contribution is -2.42. The van der Waals surface area contributed by atoms with Crippen LogP contribution in [0.4, 0.5) is 5.69 Å². The van der Waals surface area contributed by atoms with Gasteiger partial charge in [-0.2, -0.15) is 0 Å². The quantitative estimate of drug-likeness (QED) is 0.671. The SMILES string of the molecule is C[C@@H]1CCCN(CCCNS(=O)(=O)c2ccc3c(c2)C[C@@H](C)N3C(=O)C2CCC2)C1. The van der Waals surface area contributed by atoms with Gasteiger partial charge in [0.25, 0.3) is 0 Å². The summed E-state index contributed by atoms with van der Waals surface area (Å²) in [5, 5.41) is 0. The smallest absolute Gasteiger partial charge is 0.240 e. The maximum Gasteiger partial charge on any atom is 0.240 e. The van der Waals surface area contributed by atoms with E-state index in [0.29, 0.717) is 17.9 Å². The molecule has 1 saturated heterocycles. The summed E-state index contributed by atoms with van der Waals surface area (Å²) in [5.74, 6) is 1.08. The average molecular weight is 434 g/mol. The highest BCUT2D eigenvalue weighted by atomic mass is 32.2. The first-order chi connectivity index (χ1) is 14.3. The Morgan fingerprint density at radius 3 is 2.67 bits per heavy atom. The number of sulfonamides is 1. The molecule has 30 heavy (non-hydrogen) atoms. The summed E-state index contributed by atoms with van der Waals surface area (Å²) in [7, 11) is -3.53. The van der Waals surface area contributed by atoms with Crippen LogP contribution < -0.4 is 9.62 Å². The molecule has 7 heteroatoms. The fraction of sp³-hybridized carbons (Fsp3) is 0.696. The van der Waals surface area contributed by atoms with Crippen LogP contribution in [0.25, 0.3) is 0 Å². The molecule has 0 spiro atoms. The molecule has 6 nitrogen and oxygen atoms in total. The molecule has 1 saturated carbocycles. The molecule has 0 unspecified atom stereocenters. The molecule has 1 N–H and O–H groups in total. The van der Waals surface area contributed by atoms with Crippen LogP contribution >= 0.6 is 0 Å². The number of nitrogens with zero attached hydrogens (tertiary/aromatic N) is 2. The Morgan fingerprint density at radius 2 is 1.97 bits per heavy atom. The zero-order chi connectivity index (χ0) is 21.3. The first kappa shape index (κ1) is 21.8. The van der Waals surface area contributed by atoms with Gasteiger partial charge in [0.15, 0.2) is 0 Å². The van der Waals surface area contributed by atoms with E-state index in [1.165, 1.54) is 12.8 Å². The van der Waals surface area contributed by atoms with Crippen LogP contribution in [-0.4, -0.2) is 51.4 Å². The average Bonchev–Trinajstić information content (AvgIpc) is 2.99. The Balaban J connectivity index is 1.36. The zero-order valence-electron chi connectivity index (χ0n) is 18.3. The Labute approximate surface area is 181 Å². The van der Waals surface area contributed by atoms with E-state index in [2.05, 4.69) is 16.5 Å². The summed E-state index contributed by atoms with van der Waals surface area (Å²) in [5.41, 5.74) is 1.85. The van der Waals surface area contributed by atoms with Crippen molar-refractivity contribution < 1.29 is 13.2 Å². The molecule has 0 radical (unpaired) electrons. The van der Waals surface area contributed by atoms with E-state index in [1.54, 1.807) is 12.1 Å². The van der Waals surface area contributed by atoms with Crippen molar-refractivity contribution in [2.45, 2.75) is 69.7 Å². The van der Waals surface area contributed by atoms with Gasteiger partial charge >= 0.3 is 0 Å². The van der Waals surface area contributed by atoms with Crippen LogP contribution in [0, 0.1) is 11.8 Å². The highest BCUT2D eigenvalue weighted by Gasteiger charge is 2.37. The van der Waals surface area contributed by atoms with Crippen molar-refractivity contribution >= 4 is 21.6 Å². The van der Waals surface area contributed by atoms with E-state index >= 15 is 0 Å². The lowest BCUT2D eigenvalue weighted by Gasteiger charge is -2.32. The second-order valence-electron chi connectivity index (χ2n) is 9.48. The van der Waals surface area contributed by atoms with Crippen molar-refractivity contribution in [2.75, 3.05) is 31.1 Å². The summed E-state index contributed by atoms with van der Waals surface area (Å²) >= 11 is 0. The van der Waals surface area contributed by atoms with Crippen LogP contribution in [-0.2, 0) is 21.2 Å². The second-order valence-corrected chi connectivity index (χ2v) is 11.2. The Bertz CT molecular complexity index is 882. The third kappa shape index (κ3) is 4.58. The van der Waals surface area contributed by atoms with Crippen LogP contribution in [0.15, 0.2) is 23.1 Å². The maximum atomic E-state index is 12.8. The fourth-order valence-corrected chi connectivity index (χ4v) is 6.17. The number of amides is 1. The van der Waals surface area contributed by atoms with Crippen molar-refractivity contribution in [1.82, 2.24) is 9.62 Å². The standard InChI is InChI=1S/C23H35N3O3S/c1-17-6-4-12-25(16-17)13-5-11-24-30(28,29)21-9-10-22-20(15-21)14-18(2)26(22)23(27)19-7-3-8-19/h9-10,15,17-19,24H,3-8,11-14,16H2,1-2H3/t17-,18-/m1/s1. The Hall–Kier alpha value is -1.44. The lowest BCUT2D eigenvalue weighted by atomic mass is 9.84. The largest absolute Gasteiger partial charge is 0.309 e. The summed E-state index contributed by atoms with van der Waals surface area (Å²) in [6.45, 7) is 7.96. The summed E-state index contributed by atoms with van der Waals surface area (Å²) in [6.07, 6.45) is 7.14. The number of carbonyl (C=O) groups excluding carboxylic acids is 1. The Kier molecular flexibility index (Phi) is 6.51. The maximum absolute atomic E-state index is 12.8. The third-order valence-electron chi connectivity index (χ3n) is 6.95. The van der Waals surface area contributed by atoms with E-state index in [1.807, 2.05) is 17.9 Å². The van der Waals surface area contributed by atoms with Crippen LogP contribution in [0.1, 0.15) is 57.9 Å². The zero-order valence-corrected chi connectivity index (χ0v) is 19.1. The number of anilines is 1. The van der Waals surface area contributed by atoms with Gasteiger partial charge in [-0.05, 0) is 88.2 Å². The predicted molar refractivity (Wildman–Crippen MR) is 119 cm³/mol.